The summed E-state index contributed by atoms with van der Waals surface area (Å²) in [5.74, 6) is -0.326. The van der Waals surface area contributed by atoms with Gasteiger partial charge in [-0.05, 0) is 54.5 Å². The highest BCUT2D eigenvalue weighted by molar-refractivity contribution is 6.26. The average Bonchev–Trinajstić information content (AvgIpc) is 3.08. The van der Waals surface area contributed by atoms with Crippen LogP contribution in [-0.2, 0) is 12.8 Å². The summed E-state index contributed by atoms with van der Waals surface area (Å²) in [6.07, 6.45) is 3.11. The maximum Gasteiger partial charge on any atom is 0.261 e. The molecule has 26 heavy (non-hydrogen) atoms. The van der Waals surface area contributed by atoms with Crippen LogP contribution in [0.15, 0.2) is 24.3 Å². The fourth-order valence-electron chi connectivity index (χ4n) is 4.07. The van der Waals surface area contributed by atoms with Crippen molar-refractivity contribution in [2.75, 3.05) is 32.7 Å². The van der Waals surface area contributed by atoms with E-state index in [2.05, 4.69) is 29.7 Å². The highest BCUT2D eigenvalue weighted by Crippen LogP contribution is 2.38. The van der Waals surface area contributed by atoms with Gasteiger partial charge in [0.1, 0.15) is 0 Å². The molecular formula is C21H25N3O2. The topological polar surface area (TPSA) is 61.4 Å². The zero-order chi connectivity index (χ0) is 18.1. The fourth-order valence-corrected chi connectivity index (χ4v) is 4.07. The first kappa shape index (κ1) is 17.2. The van der Waals surface area contributed by atoms with Crippen LogP contribution in [-0.4, -0.2) is 49.4 Å². The van der Waals surface area contributed by atoms with Gasteiger partial charge in [0.25, 0.3) is 11.8 Å². The molecule has 0 atom stereocenters. The molecule has 0 radical (unpaired) electrons. The van der Waals surface area contributed by atoms with E-state index in [1.807, 2.05) is 12.1 Å². The van der Waals surface area contributed by atoms with E-state index in [1.54, 1.807) is 0 Å². The molecule has 1 heterocycles. The van der Waals surface area contributed by atoms with Gasteiger partial charge in [-0.1, -0.05) is 19.1 Å². The number of hydrogen-bond donors (Lipinski definition) is 2. The van der Waals surface area contributed by atoms with Gasteiger partial charge in [0, 0.05) is 42.7 Å². The predicted molar refractivity (Wildman–Crippen MR) is 103 cm³/mol. The number of amides is 2. The van der Waals surface area contributed by atoms with E-state index in [9.17, 15) is 9.59 Å². The van der Waals surface area contributed by atoms with Crippen LogP contribution in [0.3, 0.4) is 0 Å². The number of rotatable bonds is 8. The minimum absolute atomic E-state index is 0.163. The minimum Gasteiger partial charge on any atom is -0.315 e. The number of nitrogens with one attached hydrogen (secondary N) is 2. The lowest BCUT2D eigenvalue weighted by Crippen LogP contribution is -2.44. The summed E-state index contributed by atoms with van der Waals surface area (Å²) in [5, 5.41) is 8.64. The number of aryl methyl sites for hydroxylation is 2. The van der Waals surface area contributed by atoms with Crippen LogP contribution in [0.1, 0.15) is 45.2 Å². The lowest BCUT2D eigenvalue weighted by Gasteiger charge is -2.27. The van der Waals surface area contributed by atoms with E-state index >= 15 is 0 Å². The monoisotopic (exact) mass is 351 g/mol. The minimum atomic E-state index is -0.163. The van der Waals surface area contributed by atoms with Gasteiger partial charge < -0.3 is 10.6 Å². The van der Waals surface area contributed by atoms with Crippen molar-refractivity contribution in [1.29, 1.82) is 0 Å². The zero-order valence-electron chi connectivity index (χ0n) is 15.2. The summed E-state index contributed by atoms with van der Waals surface area (Å²) in [5.41, 5.74) is 3.87. The number of carbonyl (C=O) groups excluding carboxylic acids is 2. The summed E-state index contributed by atoms with van der Waals surface area (Å²) >= 11 is 0. The molecule has 5 nitrogen and oxygen atoms in total. The highest BCUT2D eigenvalue weighted by Gasteiger charge is 2.34. The second-order valence-corrected chi connectivity index (χ2v) is 7.06. The number of imide groups is 1. The Morgan fingerprint density at radius 3 is 1.96 bits per heavy atom. The summed E-state index contributed by atoms with van der Waals surface area (Å²) in [7, 11) is 0. The Kier molecular flexibility index (Phi) is 4.74. The molecule has 136 valence electrons. The van der Waals surface area contributed by atoms with Crippen molar-refractivity contribution in [3.63, 3.8) is 0 Å². The summed E-state index contributed by atoms with van der Waals surface area (Å²) in [6.45, 7) is 5.88. The molecule has 0 saturated heterocycles. The molecule has 4 rings (SSSR count). The first-order valence-electron chi connectivity index (χ1n) is 9.57. The SMILES string of the molecule is CCCNCCNCCN1C(=O)c2ccc3c4c(ccc(c24)C1=O)CC3. The predicted octanol–water partition coefficient (Wildman–Crippen LogP) is 2.12. The van der Waals surface area contributed by atoms with E-state index in [-0.39, 0.29) is 11.8 Å². The van der Waals surface area contributed by atoms with E-state index in [0.717, 1.165) is 49.7 Å². The van der Waals surface area contributed by atoms with Crippen molar-refractivity contribution >= 4 is 22.6 Å². The van der Waals surface area contributed by atoms with Crippen LogP contribution >= 0.6 is 0 Å². The van der Waals surface area contributed by atoms with Gasteiger partial charge in [-0.25, -0.2) is 0 Å². The lowest BCUT2D eigenvalue weighted by molar-refractivity contribution is 0.0612. The van der Waals surface area contributed by atoms with E-state index in [1.165, 1.54) is 16.0 Å². The molecule has 0 bridgehead atoms. The molecule has 2 aromatic rings. The third kappa shape index (κ3) is 2.81. The number of nitrogens with zero attached hydrogens (tertiary/aromatic N) is 1. The van der Waals surface area contributed by atoms with Crippen LogP contribution in [0.2, 0.25) is 0 Å². The third-order valence-corrected chi connectivity index (χ3v) is 5.37. The largest absolute Gasteiger partial charge is 0.315 e. The second-order valence-electron chi connectivity index (χ2n) is 7.06. The molecule has 0 unspecified atom stereocenters. The molecule has 0 fully saturated rings. The Balaban J connectivity index is 1.50. The Morgan fingerprint density at radius 1 is 0.808 bits per heavy atom. The summed E-state index contributed by atoms with van der Waals surface area (Å²) in [4.78, 5) is 27.2. The molecule has 2 aromatic carbocycles. The van der Waals surface area contributed by atoms with Crippen molar-refractivity contribution in [2.24, 2.45) is 0 Å². The van der Waals surface area contributed by atoms with Crippen molar-refractivity contribution in [3.8, 4) is 0 Å². The van der Waals surface area contributed by atoms with Crippen LogP contribution in [0.5, 0.6) is 0 Å². The van der Waals surface area contributed by atoms with Crippen molar-refractivity contribution in [3.05, 3.63) is 46.5 Å². The number of carbonyl (C=O) groups is 2. The van der Waals surface area contributed by atoms with Gasteiger partial charge in [0.2, 0.25) is 0 Å². The second kappa shape index (κ2) is 7.17. The van der Waals surface area contributed by atoms with Gasteiger partial charge in [-0.3, -0.25) is 14.5 Å². The fraction of sp³-hybridized carbons (Fsp3) is 0.429. The summed E-state index contributed by atoms with van der Waals surface area (Å²) < 4.78 is 0. The van der Waals surface area contributed by atoms with Crippen molar-refractivity contribution < 1.29 is 9.59 Å². The van der Waals surface area contributed by atoms with E-state index in [4.69, 9.17) is 0 Å². The van der Waals surface area contributed by atoms with Gasteiger partial charge in [0.15, 0.2) is 0 Å². The first-order valence-corrected chi connectivity index (χ1v) is 9.57. The smallest absolute Gasteiger partial charge is 0.261 e. The zero-order valence-corrected chi connectivity index (χ0v) is 15.2. The van der Waals surface area contributed by atoms with Gasteiger partial charge >= 0.3 is 0 Å². The Morgan fingerprint density at radius 2 is 1.38 bits per heavy atom. The molecular weight excluding hydrogens is 326 g/mol. The average molecular weight is 351 g/mol. The maximum absolute atomic E-state index is 12.9. The van der Waals surface area contributed by atoms with Crippen LogP contribution in [0.4, 0.5) is 0 Å². The van der Waals surface area contributed by atoms with Crippen LogP contribution in [0, 0.1) is 0 Å². The molecule has 0 spiro atoms. The van der Waals surface area contributed by atoms with Crippen molar-refractivity contribution in [2.45, 2.75) is 26.2 Å². The molecule has 1 aliphatic carbocycles. The van der Waals surface area contributed by atoms with E-state index < -0.39 is 0 Å². The molecule has 5 heteroatoms. The van der Waals surface area contributed by atoms with Gasteiger partial charge in [-0.15, -0.1) is 0 Å². The lowest BCUT2D eigenvalue weighted by atomic mass is 9.91. The quantitative estimate of drug-likeness (QED) is 0.565. The normalized spacial score (nSPS) is 15.3. The molecule has 2 amide bonds. The Hall–Kier alpha value is -2.24. The maximum atomic E-state index is 12.9. The van der Waals surface area contributed by atoms with Gasteiger partial charge in [-0.2, -0.15) is 0 Å². The first-order chi connectivity index (χ1) is 12.7. The standard InChI is InChI=1S/C21H25N3O2/c1-2-9-22-10-11-23-12-13-24-20(25)16-7-5-14-3-4-15-6-8-17(21(24)26)19(16)18(14)15/h5-8,22-23H,2-4,9-13H2,1H3. The van der Waals surface area contributed by atoms with Crippen molar-refractivity contribution in [1.82, 2.24) is 15.5 Å². The molecule has 1 aliphatic heterocycles. The van der Waals surface area contributed by atoms with E-state index in [0.29, 0.717) is 24.2 Å². The van der Waals surface area contributed by atoms with Crippen LogP contribution in [0.25, 0.3) is 10.8 Å². The van der Waals surface area contributed by atoms with Crippen LogP contribution < -0.4 is 10.6 Å². The third-order valence-electron chi connectivity index (χ3n) is 5.37. The number of hydrogen-bond acceptors (Lipinski definition) is 4. The molecule has 2 aliphatic rings. The van der Waals surface area contributed by atoms with Gasteiger partial charge in [0.05, 0.1) is 0 Å². The Bertz CT molecular complexity index is 816. The molecule has 0 saturated carbocycles. The number of benzene rings is 2. The molecule has 2 N–H and O–H groups in total. The Labute approximate surface area is 153 Å². The molecule has 0 aromatic heterocycles. The highest BCUT2D eigenvalue weighted by atomic mass is 16.2. The summed E-state index contributed by atoms with van der Waals surface area (Å²) in [6, 6.07) is 7.92.